The maximum atomic E-state index is 12.9. The predicted octanol–water partition coefficient (Wildman–Crippen LogP) is 6.39. The van der Waals surface area contributed by atoms with Crippen LogP contribution in [0.5, 0.6) is 5.75 Å². The van der Waals surface area contributed by atoms with Crippen LogP contribution in [0.2, 0.25) is 10.0 Å². The van der Waals surface area contributed by atoms with Crippen LogP contribution in [0.4, 0.5) is 17.1 Å². The molecule has 0 saturated carbocycles. The van der Waals surface area contributed by atoms with E-state index in [1.54, 1.807) is 19.1 Å². The van der Waals surface area contributed by atoms with Gasteiger partial charge < -0.3 is 19.7 Å². The molecule has 1 saturated heterocycles. The van der Waals surface area contributed by atoms with E-state index in [1.165, 1.54) is 6.20 Å². The summed E-state index contributed by atoms with van der Waals surface area (Å²) in [5, 5.41) is 4.89. The van der Waals surface area contributed by atoms with Crippen molar-refractivity contribution in [2.75, 3.05) is 49.6 Å². The van der Waals surface area contributed by atoms with Gasteiger partial charge in [-0.15, -0.1) is 0 Å². The smallest absolute Gasteiger partial charge is 0.341 e. The van der Waals surface area contributed by atoms with E-state index in [4.69, 9.17) is 32.7 Å². The van der Waals surface area contributed by atoms with E-state index < -0.39 is 5.97 Å². The van der Waals surface area contributed by atoms with E-state index >= 15 is 0 Å². The fourth-order valence-corrected chi connectivity index (χ4v) is 4.79. The zero-order valence-electron chi connectivity index (χ0n) is 21.1. The molecule has 0 radical (unpaired) electrons. The Morgan fingerprint density at radius 2 is 1.86 bits per heavy atom. The number of nitrogens with zero attached hydrogens (tertiary/aromatic N) is 3. The molecular formula is C27H32Cl2N4O3. The zero-order chi connectivity index (χ0) is 25.8. The number of halogens is 2. The van der Waals surface area contributed by atoms with E-state index in [0.29, 0.717) is 45.1 Å². The summed E-state index contributed by atoms with van der Waals surface area (Å²) in [4.78, 5) is 22.3. The molecule has 0 unspecified atom stereocenters. The SMILES string of the molecule is CCOC(=O)c1cnc2cc(OCC)c(N3CCN(C(C)C)CC3)cc2c1Nc1cccc(Cl)c1Cl. The summed E-state index contributed by atoms with van der Waals surface area (Å²) in [5.41, 5.74) is 3.13. The summed E-state index contributed by atoms with van der Waals surface area (Å²) < 4.78 is 11.4. The van der Waals surface area contributed by atoms with Gasteiger partial charge in [0.25, 0.3) is 0 Å². The molecule has 0 spiro atoms. The molecule has 4 rings (SSSR count). The first-order chi connectivity index (χ1) is 17.3. The van der Waals surface area contributed by atoms with Crippen molar-refractivity contribution in [1.82, 2.24) is 9.88 Å². The van der Waals surface area contributed by atoms with Crippen molar-refractivity contribution in [2.24, 2.45) is 0 Å². The second-order valence-electron chi connectivity index (χ2n) is 8.88. The molecule has 1 fully saturated rings. The Hall–Kier alpha value is -2.74. The number of nitrogens with one attached hydrogen (secondary N) is 1. The third-order valence-corrected chi connectivity index (χ3v) is 7.16. The van der Waals surface area contributed by atoms with Crippen molar-refractivity contribution in [3.05, 3.63) is 52.1 Å². The van der Waals surface area contributed by atoms with Gasteiger partial charge in [0, 0.05) is 49.9 Å². The third-order valence-electron chi connectivity index (χ3n) is 6.34. The number of carbonyl (C=O) groups excluding carboxylic acids is 1. The van der Waals surface area contributed by atoms with Crippen molar-refractivity contribution in [3.8, 4) is 5.75 Å². The minimum absolute atomic E-state index is 0.253. The van der Waals surface area contributed by atoms with Crippen LogP contribution in [0.25, 0.3) is 10.9 Å². The Morgan fingerprint density at radius 1 is 1.11 bits per heavy atom. The first-order valence-electron chi connectivity index (χ1n) is 12.3. The van der Waals surface area contributed by atoms with Crippen LogP contribution in [0.15, 0.2) is 36.5 Å². The summed E-state index contributed by atoms with van der Waals surface area (Å²) >= 11 is 12.8. The van der Waals surface area contributed by atoms with Gasteiger partial charge >= 0.3 is 5.97 Å². The number of pyridine rings is 1. The highest BCUT2D eigenvalue weighted by molar-refractivity contribution is 6.43. The average molecular weight is 531 g/mol. The molecule has 0 bridgehead atoms. The minimum atomic E-state index is -0.464. The monoisotopic (exact) mass is 530 g/mol. The fourth-order valence-electron chi connectivity index (χ4n) is 4.44. The summed E-state index contributed by atoms with van der Waals surface area (Å²) in [6.45, 7) is 12.6. The quantitative estimate of drug-likeness (QED) is 0.338. The summed E-state index contributed by atoms with van der Waals surface area (Å²) in [7, 11) is 0. The number of ether oxygens (including phenoxy) is 2. The Kier molecular flexibility index (Phi) is 8.44. The third kappa shape index (κ3) is 5.48. The number of carbonyl (C=O) groups is 1. The fraction of sp³-hybridized carbons (Fsp3) is 0.407. The molecule has 2 aromatic carbocycles. The maximum absolute atomic E-state index is 12.9. The van der Waals surface area contributed by atoms with E-state index in [-0.39, 0.29) is 6.61 Å². The van der Waals surface area contributed by atoms with Crippen molar-refractivity contribution in [2.45, 2.75) is 33.7 Å². The molecule has 36 heavy (non-hydrogen) atoms. The highest BCUT2D eigenvalue weighted by atomic mass is 35.5. The highest BCUT2D eigenvalue weighted by Gasteiger charge is 2.24. The van der Waals surface area contributed by atoms with Crippen LogP contribution in [-0.2, 0) is 4.74 Å². The van der Waals surface area contributed by atoms with E-state index in [0.717, 1.165) is 43.0 Å². The number of rotatable bonds is 8. The van der Waals surface area contributed by atoms with Gasteiger partial charge in [0.15, 0.2) is 0 Å². The lowest BCUT2D eigenvalue weighted by Gasteiger charge is -2.38. The Labute approximate surface area is 222 Å². The van der Waals surface area contributed by atoms with Gasteiger partial charge in [-0.25, -0.2) is 4.79 Å². The number of hydrogen-bond donors (Lipinski definition) is 1. The van der Waals surface area contributed by atoms with Crippen LogP contribution in [0, 0.1) is 0 Å². The molecular weight excluding hydrogens is 499 g/mol. The van der Waals surface area contributed by atoms with Gasteiger partial charge in [0.05, 0.1) is 45.8 Å². The topological polar surface area (TPSA) is 66.9 Å². The summed E-state index contributed by atoms with van der Waals surface area (Å²) in [6.07, 6.45) is 1.53. The Bertz CT molecular complexity index is 1240. The first kappa shape index (κ1) is 26.3. The second kappa shape index (κ2) is 11.5. The highest BCUT2D eigenvalue weighted by Crippen LogP contribution is 2.40. The normalized spacial score (nSPS) is 14.4. The largest absolute Gasteiger partial charge is 0.492 e. The number of fused-ring (bicyclic) bond motifs is 1. The molecule has 7 nitrogen and oxygen atoms in total. The van der Waals surface area contributed by atoms with Crippen LogP contribution in [0.3, 0.4) is 0 Å². The number of hydrogen-bond acceptors (Lipinski definition) is 7. The van der Waals surface area contributed by atoms with Crippen LogP contribution in [-0.4, -0.2) is 61.3 Å². The average Bonchev–Trinajstić information content (AvgIpc) is 2.87. The minimum Gasteiger partial charge on any atom is -0.492 e. The van der Waals surface area contributed by atoms with Gasteiger partial charge in [-0.05, 0) is 45.9 Å². The second-order valence-corrected chi connectivity index (χ2v) is 9.67. The summed E-state index contributed by atoms with van der Waals surface area (Å²) in [6, 6.07) is 9.82. The predicted molar refractivity (Wildman–Crippen MR) is 148 cm³/mol. The van der Waals surface area contributed by atoms with Crippen molar-refractivity contribution in [3.63, 3.8) is 0 Å². The molecule has 1 aromatic heterocycles. The number of benzene rings is 2. The van der Waals surface area contributed by atoms with E-state index in [9.17, 15) is 4.79 Å². The van der Waals surface area contributed by atoms with Gasteiger partial charge in [-0.3, -0.25) is 9.88 Å². The van der Waals surface area contributed by atoms with Gasteiger partial charge in [0.1, 0.15) is 11.3 Å². The molecule has 9 heteroatoms. The molecule has 1 N–H and O–H groups in total. The Balaban J connectivity index is 1.86. The molecule has 1 aliphatic heterocycles. The first-order valence-corrected chi connectivity index (χ1v) is 13.1. The standard InChI is InChI=1S/C27H32Cl2N4O3/c1-5-35-24-15-22-18(14-23(24)33-12-10-32(11-13-33)17(3)4)26(19(16-30-22)27(34)36-6-2)31-21-9-7-8-20(28)25(21)29/h7-9,14-17H,5-6,10-13H2,1-4H3,(H,30,31). The lowest BCUT2D eigenvalue weighted by molar-refractivity contribution is 0.0527. The van der Waals surface area contributed by atoms with Crippen LogP contribution >= 0.6 is 23.2 Å². The van der Waals surface area contributed by atoms with Crippen molar-refractivity contribution in [1.29, 1.82) is 0 Å². The lowest BCUT2D eigenvalue weighted by atomic mass is 10.1. The molecule has 0 atom stereocenters. The number of esters is 1. The number of piperazine rings is 1. The number of anilines is 3. The molecule has 3 aromatic rings. The molecule has 0 aliphatic carbocycles. The molecule has 0 amide bonds. The van der Waals surface area contributed by atoms with Gasteiger partial charge in [-0.1, -0.05) is 29.3 Å². The van der Waals surface area contributed by atoms with Crippen LogP contribution in [0.1, 0.15) is 38.1 Å². The zero-order valence-corrected chi connectivity index (χ0v) is 22.6. The maximum Gasteiger partial charge on any atom is 0.341 e. The van der Waals surface area contributed by atoms with Crippen molar-refractivity contribution >= 4 is 57.1 Å². The molecule has 1 aliphatic rings. The number of aromatic nitrogens is 1. The van der Waals surface area contributed by atoms with Crippen molar-refractivity contribution < 1.29 is 14.3 Å². The molecule has 2 heterocycles. The molecule has 192 valence electrons. The Morgan fingerprint density at radius 3 is 2.53 bits per heavy atom. The summed E-state index contributed by atoms with van der Waals surface area (Å²) in [5.74, 6) is 0.305. The lowest BCUT2D eigenvalue weighted by Crippen LogP contribution is -2.49. The van der Waals surface area contributed by atoms with E-state index in [2.05, 4.69) is 33.9 Å². The van der Waals surface area contributed by atoms with Crippen LogP contribution < -0.4 is 15.0 Å². The van der Waals surface area contributed by atoms with E-state index in [1.807, 2.05) is 25.1 Å². The van der Waals surface area contributed by atoms with Gasteiger partial charge in [0.2, 0.25) is 0 Å². The van der Waals surface area contributed by atoms with Gasteiger partial charge in [-0.2, -0.15) is 0 Å².